The van der Waals surface area contributed by atoms with Crippen LogP contribution in [0.4, 0.5) is 0 Å². The van der Waals surface area contributed by atoms with E-state index >= 15 is 0 Å². The number of sulfonamides is 1. The molecule has 0 spiro atoms. The standard InChI is InChI=1S/C14H19N3O4S2/c1-2-12-15-13(21-16-12)10-20-11-5-3-7-17(9-11)23(18,19)14-6-4-8-22-14/h4,6,8,11H,2-3,5,7,9-10H2,1H3/t11-/m1/s1. The van der Waals surface area contributed by atoms with Crippen molar-refractivity contribution in [1.82, 2.24) is 14.4 Å². The molecule has 1 aliphatic rings. The Balaban J connectivity index is 1.60. The average molecular weight is 357 g/mol. The highest BCUT2D eigenvalue weighted by Gasteiger charge is 2.31. The van der Waals surface area contributed by atoms with Gasteiger partial charge in [-0.15, -0.1) is 11.3 Å². The monoisotopic (exact) mass is 357 g/mol. The number of hydrogen-bond acceptors (Lipinski definition) is 7. The second-order valence-electron chi connectivity index (χ2n) is 5.33. The maximum atomic E-state index is 12.6. The Morgan fingerprint density at radius 3 is 3.09 bits per heavy atom. The van der Waals surface area contributed by atoms with Crippen molar-refractivity contribution in [1.29, 1.82) is 0 Å². The summed E-state index contributed by atoms with van der Waals surface area (Å²) in [6.45, 7) is 3.05. The van der Waals surface area contributed by atoms with Gasteiger partial charge in [0, 0.05) is 19.5 Å². The summed E-state index contributed by atoms with van der Waals surface area (Å²) in [4.78, 5) is 4.19. The molecule has 126 valence electrons. The topological polar surface area (TPSA) is 85.5 Å². The summed E-state index contributed by atoms with van der Waals surface area (Å²) in [5.41, 5.74) is 0. The number of ether oxygens (including phenoxy) is 1. The van der Waals surface area contributed by atoms with E-state index in [0.29, 0.717) is 35.4 Å². The summed E-state index contributed by atoms with van der Waals surface area (Å²) in [5, 5.41) is 5.58. The number of aromatic nitrogens is 2. The number of piperidine rings is 1. The molecule has 7 nitrogen and oxygen atoms in total. The Kier molecular flexibility index (Phi) is 5.10. The molecule has 0 amide bonds. The summed E-state index contributed by atoms with van der Waals surface area (Å²) in [7, 11) is -3.41. The van der Waals surface area contributed by atoms with Crippen molar-refractivity contribution in [3.63, 3.8) is 0 Å². The van der Waals surface area contributed by atoms with Crippen molar-refractivity contribution in [3.05, 3.63) is 29.2 Å². The van der Waals surface area contributed by atoms with Crippen LogP contribution in [0.1, 0.15) is 31.5 Å². The fourth-order valence-electron chi connectivity index (χ4n) is 2.48. The second-order valence-corrected chi connectivity index (χ2v) is 8.44. The zero-order valence-corrected chi connectivity index (χ0v) is 14.5. The smallest absolute Gasteiger partial charge is 0.252 e. The number of aryl methyl sites for hydroxylation is 1. The van der Waals surface area contributed by atoms with Crippen LogP contribution in [0, 0.1) is 0 Å². The van der Waals surface area contributed by atoms with E-state index in [9.17, 15) is 8.42 Å². The van der Waals surface area contributed by atoms with Crippen LogP contribution in [-0.2, 0) is 27.8 Å². The van der Waals surface area contributed by atoms with E-state index in [0.717, 1.165) is 12.8 Å². The maximum absolute atomic E-state index is 12.6. The van der Waals surface area contributed by atoms with Gasteiger partial charge >= 0.3 is 0 Å². The van der Waals surface area contributed by atoms with Crippen LogP contribution in [0.3, 0.4) is 0 Å². The van der Waals surface area contributed by atoms with Gasteiger partial charge in [-0.2, -0.15) is 9.29 Å². The minimum Gasteiger partial charge on any atom is -0.367 e. The fraction of sp³-hybridized carbons (Fsp3) is 0.571. The molecule has 0 bridgehead atoms. The summed E-state index contributed by atoms with van der Waals surface area (Å²) < 4.78 is 37.8. The molecule has 0 N–H and O–H groups in total. The Bertz CT molecular complexity index is 727. The summed E-state index contributed by atoms with van der Waals surface area (Å²) in [6, 6.07) is 3.38. The number of nitrogens with zero attached hydrogens (tertiary/aromatic N) is 3. The lowest BCUT2D eigenvalue weighted by atomic mass is 10.1. The summed E-state index contributed by atoms with van der Waals surface area (Å²) >= 11 is 1.24. The summed E-state index contributed by atoms with van der Waals surface area (Å²) in [5.74, 6) is 1.08. The van der Waals surface area contributed by atoms with E-state index in [4.69, 9.17) is 9.26 Å². The molecule has 0 radical (unpaired) electrons. The minimum absolute atomic E-state index is 0.157. The van der Waals surface area contributed by atoms with Crippen LogP contribution in [0.25, 0.3) is 0 Å². The quantitative estimate of drug-likeness (QED) is 0.787. The van der Waals surface area contributed by atoms with Gasteiger partial charge in [0.2, 0.25) is 0 Å². The van der Waals surface area contributed by atoms with Gasteiger partial charge in [-0.1, -0.05) is 18.1 Å². The first-order valence-corrected chi connectivity index (χ1v) is 9.88. The van der Waals surface area contributed by atoms with E-state index in [-0.39, 0.29) is 12.7 Å². The van der Waals surface area contributed by atoms with Crippen molar-refractivity contribution in [3.8, 4) is 0 Å². The van der Waals surface area contributed by atoms with Gasteiger partial charge in [-0.25, -0.2) is 8.42 Å². The predicted octanol–water partition coefficient (Wildman–Crippen LogP) is 2.06. The average Bonchev–Trinajstić information content (AvgIpc) is 3.25. The molecule has 9 heteroatoms. The molecule has 1 saturated heterocycles. The van der Waals surface area contributed by atoms with E-state index in [2.05, 4.69) is 10.1 Å². The van der Waals surface area contributed by atoms with Gasteiger partial charge in [0.1, 0.15) is 10.8 Å². The number of hydrogen-bond donors (Lipinski definition) is 0. The van der Waals surface area contributed by atoms with Gasteiger partial charge in [0.15, 0.2) is 5.82 Å². The van der Waals surface area contributed by atoms with Crippen molar-refractivity contribution >= 4 is 21.4 Å². The lowest BCUT2D eigenvalue weighted by Gasteiger charge is -2.31. The van der Waals surface area contributed by atoms with E-state index in [1.165, 1.54) is 15.6 Å². The molecule has 3 rings (SSSR count). The molecule has 23 heavy (non-hydrogen) atoms. The van der Waals surface area contributed by atoms with E-state index < -0.39 is 10.0 Å². The highest BCUT2D eigenvalue weighted by atomic mass is 32.2. The molecule has 0 unspecified atom stereocenters. The molecule has 1 fully saturated rings. The van der Waals surface area contributed by atoms with Gasteiger partial charge < -0.3 is 9.26 Å². The number of thiophene rings is 1. The highest BCUT2D eigenvalue weighted by Crippen LogP contribution is 2.25. The molecular formula is C14H19N3O4S2. The first kappa shape index (κ1) is 16.6. The zero-order valence-electron chi connectivity index (χ0n) is 12.8. The largest absolute Gasteiger partial charge is 0.367 e. The molecule has 0 aromatic carbocycles. The molecule has 1 atom stereocenters. The van der Waals surface area contributed by atoms with Gasteiger partial charge in [0.25, 0.3) is 15.9 Å². The molecule has 2 aromatic rings. The Morgan fingerprint density at radius 2 is 2.39 bits per heavy atom. The number of rotatable bonds is 6. The van der Waals surface area contributed by atoms with Crippen molar-refractivity contribution < 1.29 is 17.7 Å². The van der Waals surface area contributed by atoms with Crippen LogP contribution < -0.4 is 0 Å². The first-order chi connectivity index (χ1) is 11.1. The second kappa shape index (κ2) is 7.08. The third kappa shape index (κ3) is 3.79. The Labute approximate surface area is 139 Å². The van der Waals surface area contributed by atoms with Gasteiger partial charge in [-0.3, -0.25) is 0 Å². The first-order valence-electron chi connectivity index (χ1n) is 7.56. The lowest BCUT2D eigenvalue weighted by Crippen LogP contribution is -2.42. The Morgan fingerprint density at radius 1 is 1.52 bits per heavy atom. The molecule has 0 aliphatic carbocycles. The van der Waals surface area contributed by atoms with Crippen molar-refractivity contribution in [2.75, 3.05) is 13.1 Å². The minimum atomic E-state index is -3.41. The molecule has 3 heterocycles. The van der Waals surface area contributed by atoms with Crippen molar-refractivity contribution in [2.24, 2.45) is 0 Å². The normalized spacial score (nSPS) is 20.0. The van der Waals surface area contributed by atoms with E-state index in [1.807, 2.05) is 6.92 Å². The molecular weight excluding hydrogens is 338 g/mol. The maximum Gasteiger partial charge on any atom is 0.252 e. The molecule has 0 saturated carbocycles. The van der Waals surface area contributed by atoms with Crippen LogP contribution in [-0.4, -0.2) is 42.1 Å². The highest BCUT2D eigenvalue weighted by molar-refractivity contribution is 7.91. The van der Waals surface area contributed by atoms with E-state index in [1.54, 1.807) is 17.5 Å². The van der Waals surface area contributed by atoms with Gasteiger partial charge in [0.05, 0.1) is 6.10 Å². The van der Waals surface area contributed by atoms with Crippen LogP contribution >= 0.6 is 11.3 Å². The summed E-state index contributed by atoms with van der Waals surface area (Å²) in [6.07, 6.45) is 2.15. The SMILES string of the molecule is CCc1noc(CO[C@@H]2CCCN(S(=O)(=O)c3cccs3)C2)n1. The van der Waals surface area contributed by atoms with Gasteiger partial charge in [-0.05, 0) is 24.3 Å². The molecule has 2 aromatic heterocycles. The fourth-order valence-corrected chi connectivity index (χ4v) is 5.13. The van der Waals surface area contributed by atoms with Crippen LogP contribution in [0.5, 0.6) is 0 Å². The Hall–Kier alpha value is -1.29. The third-order valence-electron chi connectivity index (χ3n) is 3.70. The van der Waals surface area contributed by atoms with Crippen LogP contribution in [0.15, 0.2) is 26.2 Å². The lowest BCUT2D eigenvalue weighted by molar-refractivity contribution is -0.00293. The zero-order chi connectivity index (χ0) is 16.3. The van der Waals surface area contributed by atoms with Crippen LogP contribution in [0.2, 0.25) is 0 Å². The third-order valence-corrected chi connectivity index (χ3v) is 6.94. The van der Waals surface area contributed by atoms with Crippen molar-refractivity contribution in [2.45, 2.75) is 43.1 Å². The predicted molar refractivity (Wildman–Crippen MR) is 84.6 cm³/mol. The molecule has 1 aliphatic heterocycles.